The summed E-state index contributed by atoms with van der Waals surface area (Å²) >= 11 is 0. The molecule has 0 heterocycles. The van der Waals surface area contributed by atoms with Gasteiger partial charge in [-0.25, -0.2) is 4.18 Å². The molecule has 0 amide bonds. The van der Waals surface area contributed by atoms with Crippen LogP contribution in [0.15, 0.2) is 0 Å². The van der Waals surface area contributed by atoms with Crippen LogP contribution in [0.4, 0.5) is 0 Å². The molecule has 0 aliphatic carbocycles. The molecule has 0 atom stereocenters. The van der Waals surface area contributed by atoms with Crippen molar-refractivity contribution in [2.45, 2.75) is 84.5 Å². The summed E-state index contributed by atoms with van der Waals surface area (Å²) in [5.74, 6) is -0.745. The van der Waals surface area contributed by atoms with Gasteiger partial charge in [0.15, 0.2) is 0 Å². The molecule has 0 rings (SSSR count). The number of carboxylic acids is 1. The number of aliphatic carboxylic acids is 1. The number of carbonyl (C=O) groups is 1. The fourth-order valence-electron chi connectivity index (χ4n) is 1.75. The smallest absolute Gasteiger partial charge is 0.397 e. The molecule has 0 unspecified atom stereocenters. The van der Waals surface area contributed by atoms with Crippen molar-refractivity contribution in [2.24, 2.45) is 0 Å². The molecule has 22 heavy (non-hydrogen) atoms. The van der Waals surface area contributed by atoms with Gasteiger partial charge in [0.1, 0.15) is 0 Å². The summed E-state index contributed by atoms with van der Waals surface area (Å²) in [6.07, 6.45) is 12.1. The van der Waals surface area contributed by atoms with Crippen LogP contribution in [-0.2, 0) is 19.4 Å². The maximum atomic E-state index is 10.2. The zero-order chi connectivity index (χ0) is 17.3. The second kappa shape index (κ2) is 16.7. The topological polar surface area (TPSA) is 101 Å². The van der Waals surface area contributed by atoms with Crippen LogP contribution in [0.1, 0.15) is 84.5 Å². The van der Waals surface area contributed by atoms with Crippen molar-refractivity contribution in [2.75, 3.05) is 6.61 Å². The number of carboxylic acid groups (broad SMARTS) is 1. The van der Waals surface area contributed by atoms with E-state index in [-0.39, 0.29) is 13.0 Å². The Labute approximate surface area is 135 Å². The van der Waals surface area contributed by atoms with Crippen LogP contribution in [0.5, 0.6) is 0 Å². The van der Waals surface area contributed by atoms with Crippen LogP contribution >= 0.6 is 0 Å². The van der Waals surface area contributed by atoms with Gasteiger partial charge in [-0.15, -0.1) is 0 Å². The lowest BCUT2D eigenvalue weighted by Gasteiger charge is -2.02. The molecule has 0 radical (unpaired) electrons. The molecule has 0 bridgehead atoms. The third-order valence-corrected chi connectivity index (χ3v) is 3.50. The summed E-state index contributed by atoms with van der Waals surface area (Å²) in [7, 11) is -4.23. The Bertz CT molecular complexity index is 340. The molecule has 0 saturated heterocycles. The number of hydrogen-bond donors (Lipinski definition) is 2. The van der Waals surface area contributed by atoms with Gasteiger partial charge in [-0.05, 0) is 6.42 Å². The van der Waals surface area contributed by atoms with E-state index < -0.39 is 16.4 Å². The fourth-order valence-corrected chi connectivity index (χ4v) is 2.08. The molecule has 0 aliphatic rings. The Morgan fingerprint density at radius 1 is 0.864 bits per heavy atom. The second-order valence-electron chi connectivity index (χ2n) is 5.18. The molecule has 134 valence electrons. The van der Waals surface area contributed by atoms with E-state index in [4.69, 9.17) is 9.66 Å². The molecular formula is C15H32O6S. The Morgan fingerprint density at radius 3 is 1.55 bits per heavy atom. The predicted molar refractivity (Wildman–Crippen MR) is 87.3 cm³/mol. The maximum Gasteiger partial charge on any atom is 0.397 e. The molecular weight excluding hydrogens is 308 g/mol. The predicted octanol–water partition coefficient (Wildman–Crippen LogP) is 4.21. The number of unbranched alkanes of at least 4 members (excludes halogenated alkanes) is 9. The fraction of sp³-hybridized carbons (Fsp3) is 0.933. The molecule has 0 fully saturated rings. The van der Waals surface area contributed by atoms with E-state index >= 15 is 0 Å². The third-order valence-electron chi connectivity index (χ3n) is 3.03. The van der Waals surface area contributed by atoms with E-state index in [1.165, 1.54) is 44.9 Å². The van der Waals surface area contributed by atoms with Crippen molar-refractivity contribution >= 4 is 16.4 Å². The first-order chi connectivity index (χ1) is 10.3. The third kappa shape index (κ3) is 27.6. The highest BCUT2D eigenvalue weighted by Crippen LogP contribution is 2.10. The Morgan fingerprint density at radius 2 is 1.23 bits per heavy atom. The van der Waals surface area contributed by atoms with Gasteiger partial charge in [-0.1, -0.05) is 71.6 Å². The second-order valence-corrected chi connectivity index (χ2v) is 6.27. The van der Waals surface area contributed by atoms with Gasteiger partial charge < -0.3 is 5.11 Å². The van der Waals surface area contributed by atoms with Gasteiger partial charge in [0.05, 0.1) is 6.61 Å². The molecule has 0 aliphatic heterocycles. The molecule has 0 aromatic heterocycles. The average molecular weight is 340 g/mol. The molecule has 0 aromatic carbocycles. The van der Waals surface area contributed by atoms with Gasteiger partial charge in [0.25, 0.3) is 0 Å². The molecule has 0 spiro atoms. The van der Waals surface area contributed by atoms with Gasteiger partial charge >= 0.3 is 16.4 Å². The van der Waals surface area contributed by atoms with E-state index in [9.17, 15) is 13.2 Å². The molecule has 7 heteroatoms. The van der Waals surface area contributed by atoms with Crippen molar-refractivity contribution in [3.05, 3.63) is 0 Å². The van der Waals surface area contributed by atoms with Gasteiger partial charge in [-0.2, -0.15) is 8.42 Å². The summed E-state index contributed by atoms with van der Waals surface area (Å²) in [5.41, 5.74) is 0. The minimum absolute atomic E-state index is 0.0926. The average Bonchev–Trinajstić information content (AvgIpc) is 2.44. The maximum absolute atomic E-state index is 10.2. The van der Waals surface area contributed by atoms with Crippen LogP contribution < -0.4 is 0 Å². The Kier molecular flexibility index (Phi) is 17.9. The normalized spacial score (nSPS) is 10.9. The zero-order valence-electron chi connectivity index (χ0n) is 13.9. The first-order valence-corrected chi connectivity index (χ1v) is 9.53. The minimum atomic E-state index is -4.23. The highest BCUT2D eigenvalue weighted by Gasteiger charge is 2.02. The van der Waals surface area contributed by atoms with Gasteiger partial charge in [0, 0.05) is 6.42 Å². The summed E-state index contributed by atoms with van der Waals surface area (Å²) in [6, 6.07) is 0. The standard InChI is InChI=1S/C12H26O4S.C3H6O2/c1-2-3-4-5-6-7-8-9-10-11-12-16-17(13,14)15;1-2-3(4)5/h2-12H2,1H3,(H,13,14,15);2H2,1H3,(H,4,5). The zero-order valence-corrected chi connectivity index (χ0v) is 14.7. The van der Waals surface area contributed by atoms with E-state index in [0.717, 1.165) is 12.8 Å². The summed E-state index contributed by atoms with van der Waals surface area (Å²) in [5, 5.41) is 7.72. The van der Waals surface area contributed by atoms with Crippen molar-refractivity contribution < 1.29 is 27.1 Å². The largest absolute Gasteiger partial charge is 0.481 e. The van der Waals surface area contributed by atoms with Crippen LogP contribution in [0.25, 0.3) is 0 Å². The SMILES string of the molecule is CCC(=O)O.CCCCCCCCCCCCOS(=O)(=O)O. The summed E-state index contributed by atoms with van der Waals surface area (Å²) in [6.45, 7) is 3.91. The van der Waals surface area contributed by atoms with E-state index in [1.54, 1.807) is 6.92 Å². The number of hydrogen-bond acceptors (Lipinski definition) is 4. The molecule has 0 saturated carbocycles. The van der Waals surface area contributed by atoms with Crippen LogP contribution in [0.2, 0.25) is 0 Å². The van der Waals surface area contributed by atoms with Crippen LogP contribution in [-0.4, -0.2) is 30.7 Å². The highest BCUT2D eigenvalue weighted by atomic mass is 32.3. The lowest BCUT2D eigenvalue weighted by Crippen LogP contribution is -2.04. The van der Waals surface area contributed by atoms with Gasteiger partial charge in [0.2, 0.25) is 0 Å². The molecule has 6 nitrogen and oxygen atoms in total. The van der Waals surface area contributed by atoms with E-state index in [1.807, 2.05) is 0 Å². The molecule has 2 N–H and O–H groups in total. The van der Waals surface area contributed by atoms with Crippen molar-refractivity contribution in [3.8, 4) is 0 Å². The van der Waals surface area contributed by atoms with Crippen LogP contribution in [0, 0.1) is 0 Å². The monoisotopic (exact) mass is 340 g/mol. The quantitative estimate of drug-likeness (QED) is 0.385. The summed E-state index contributed by atoms with van der Waals surface area (Å²) in [4.78, 5) is 9.37. The van der Waals surface area contributed by atoms with E-state index in [2.05, 4.69) is 11.1 Å². The first kappa shape index (κ1) is 23.6. The highest BCUT2D eigenvalue weighted by molar-refractivity contribution is 7.80. The molecule has 0 aromatic rings. The van der Waals surface area contributed by atoms with Crippen molar-refractivity contribution in [1.29, 1.82) is 0 Å². The Balaban J connectivity index is 0. The minimum Gasteiger partial charge on any atom is -0.481 e. The van der Waals surface area contributed by atoms with Crippen molar-refractivity contribution in [1.82, 2.24) is 0 Å². The van der Waals surface area contributed by atoms with Crippen molar-refractivity contribution in [3.63, 3.8) is 0 Å². The lowest BCUT2D eigenvalue weighted by atomic mass is 10.1. The first-order valence-electron chi connectivity index (χ1n) is 8.17. The van der Waals surface area contributed by atoms with E-state index in [0.29, 0.717) is 6.42 Å². The Hall–Kier alpha value is -0.660. The lowest BCUT2D eigenvalue weighted by molar-refractivity contribution is -0.136. The van der Waals surface area contributed by atoms with Gasteiger partial charge in [-0.3, -0.25) is 9.35 Å². The number of rotatable bonds is 13. The summed E-state index contributed by atoms with van der Waals surface area (Å²) < 4.78 is 33.0. The van der Waals surface area contributed by atoms with Crippen LogP contribution in [0.3, 0.4) is 0 Å².